The van der Waals surface area contributed by atoms with Gasteiger partial charge in [-0.05, 0) is 26.2 Å². The number of rotatable bonds is 5. The first kappa shape index (κ1) is 13.5. The van der Waals surface area contributed by atoms with Gasteiger partial charge in [-0.25, -0.2) is 0 Å². The molecule has 1 fully saturated rings. The number of methoxy groups -OCH3 is 1. The Morgan fingerprint density at radius 1 is 1.50 bits per heavy atom. The summed E-state index contributed by atoms with van der Waals surface area (Å²) in [6.07, 6.45) is 5.85. The zero-order chi connectivity index (χ0) is 12.0. The van der Waals surface area contributed by atoms with Crippen LogP contribution >= 0.6 is 0 Å². The van der Waals surface area contributed by atoms with Crippen molar-refractivity contribution < 1.29 is 9.53 Å². The van der Waals surface area contributed by atoms with Crippen molar-refractivity contribution in [1.82, 2.24) is 5.32 Å². The second kappa shape index (κ2) is 6.86. The number of carbonyl (C=O) groups is 1. The van der Waals surface area contributed by atoms with E-state index < -0.39 is 0 Å². The van der Waals surface area contributed by atoms with E-state index in [4.69, 9.17) is 10.5 Å². The van der Waals surface area contributed by atoms with E-state index >= 15 is 0 Å². The molecule has 0 aromatic carbocycles. The molecular formula is C12H24N2O2. The molecule has 0 heterocycles. The molecule has 0 spiro atoms. The third-order valence-electron chi connectivity index (χ3n) is 3.35. The fourth-order valence-electron chi connectivity index (χ4n) is 2.07. The van der Waals surface area contributed by atoms with Crippen molar-refractivity contribution in [2.45, 2.75) is 63.6 Å². The van der Waals surface area contributed by atoms with Gasteiger partial charge in [0.15, 0.2) is 0 Å². The van der Waals surface area contributed by atoms with E-state index in [0.29, 0.717) is 6.42 Å². The maximum Gasteiger partial charge on any atom is 0.220 e. The van der Waals surface area contributed by atoms with Crippen molar-refractivity contribution in [3.8, 4) is 0 Å². The molecule has 1 rings (SSSR count). The molecule has 1 amide bonds. The molecule has 0 aromatic rings. The van der Waals surface area contributed by atoms with Crippen LogP contribution in [-0.4, -0.2) is 31.2 Å². The molecule has 1 saturated carbocycles. The topological polar surface area (TPSA) is 64.3 Å². The Morgan fingerprint density at radius 3 is 2.81 bits per heavy atom. The monoisotopic (exact) mass is 228 g/mol. The van der Waals surface area contributed by atoms with Crippen molar-refractivity contribution in [2.75, 3.05) is 7.11 Å². The Bertz CT molecular complexity index is 221. The van der Waals surface area contributed by atoms with Crippen molar-refractivity contribution in [3.05, 3.63) is 0 Å². The normalized spacial score (nSPS) is 27.4. The number of nitrogens with one attached hydrogen (secondary N) is 1. The van der Waals surface area contributed by atoms with Gasteiger partial charge in [-0.2, -0.15) is 0 Å². The van der Waals surface area contributed by atoms with E-state index in [2.05, 4.69) is 5.32 Å². The second-order valence-electron chi connectivity index (χ2n) is 4.71. The van der Waals surface area contributed by atoms with Gasteiger partial charge in [0.2, 0.25) is 5.91 Å². The molecule has 0 aliphatic heterocycles. The summed E-state index contributed by atoms with van der Waals surface area (Å²) < 4.78 is 5.11. The van der Waals surface area contributed by atoms with Crippen LogP contribution in [-0.2, 0) is 9.53 Å². The lowest BCUT2D eigenvalue weighted by Gasteiger charge is -2.29. The molecule has 0 aromatic heterocycles. The molecule has 0 saturated heterocycles. The number of nitrogens with two attached hydrogens (primary N) is 1. The first-order chi connectivity index (χ1) is 7.63. The third-order valence-corrected chi connectivity index (χ3v) is 3.35. The number of amides is 1. The van der Waals surface area contributed by atoms with Crippen LogP contribution in [0.25, 0.3) is 0 Å². The summed E-state index contributed by atoms with van der Waals surface area (Å²) >= 11 is 0. The largest absolute Gasteiger partial charge is 0.382 e. The number of hydrogen-bond donors (Lipinski definition) is 2. The second-order valence-corrected chi connectivity index (χ2v) is 4.71. The van der Waals surface area contributed by atoms with Crippen LogP contribution in [0.15, 0.2) is 0 Å². The van der Waals surface area contributed by atoms with E-state index in [1.54, 1.807) is 7.11 Å². The molecule has 3 N–H and O–H groups in total. The Hall–Kier alpha value is -0.610. The van der Waals surface area contributed by atoms with Crippen LogP contribution in [0.4, 0.5) is 0 Å². The van der Waals surface area contributed by atoms with Crippen molar-refractivity contribution >= 4 is 5.91 Å². The molecule has 1 aliphatic rings. The van der Waals surface area contributed by atoms with Gasteiger partial charge >= 0.3 is 0 Å². The first-order valence-electron chi connectivity index (χ1n) is 6.21. The number of carbonyl (C=O) groups excluding carboxylic acids is 1. The number of hydrogen-bond acceptors (Lipinski definition) is 3. The average molecular weight is 228 g/mol. The highest BCUT2D eigenvalue weighted by Gasteiger charge is 2.23. The predicted molar refractivity (Wildman–Crippen MR) is 64.1 cm³/mol. The van der Waals surface area contributed by atoms with Crippen LogP contribution in [0.3, 0.4) is 0 Å². The fraction of sp³-hybridized carbons (Fsp3) is 0.917. The van der Waals surface area contributed by atoms with Crippen molar-refractivity contribution in [1.29, 1.82) is 0 Å². The highest BCUT2D eigenvalue weighted by atomic mass is 16.5. The lowest BCUT2D eigenvalue weighted by atomic mass is 9.91. The zero-order valence-corrected chi connectivity index (χ0v) is 10.4. The Balaban J connectivity index is 2.22. The van der Waals surface area contributed by atoms with E-state index in [-0.39, 0.29) is 24.1 Å². The molecule has 4 nitrogen and oxygen atoms in total. The highest BCUT2D eigenvalue weighted by molar-refractivity contribution is 5.76. The van der Waals surface area contributed by atoms with Gasteiger partial charge in [0.25, 0.3) is 0 Å². The summed E-state index contributed by atoms with van der Waals surface area (Å²) in [4.78, 5) is 11.7. The van der Waals surface area contributed by atoms with Gasteiger partial charge in [-0.15, -0.1) is 0 Å². The Kier molecular flexibility index (Phi) is 5.77. The van der Waals surface area contributed by atoms with E-state index in [1.807, 2.05) is 6.92 Å². The SMILES string of the molecule is COC(C)CCC(=O)N[C@@H]1CCCC[C@H]1N. The maximum atomic E-state index is 11.7. The molecule has 3 atom stereocenters. The van der Waals surface area contributed by atoms with Crippen LogP contribution in [0.5, 0.6) is 0 Å². The van der Waals surface area contributed by atoms with Crippen LogP contribution in [0.2, 0.25) is 0 Å². The summed E-state index contributed by atoms with van der Waals surface area (Å²) in [6.45, 7) is 1.97. The minimum atomic E-state index is 0.103. The molecule has 94 valence electrons. The molecule has 16 heavy (non-hydrogen) atoms. The molecule has 4 heteroatoms. The van der Waals surface area contributed by atoms with Crippen LogP contribution in [0.1, 0.15) is 45.4 Å². The standard InChI is InChI=1S/C12H24N2O2/c1-9(16-2)7-8-12(15)14-11-6-4-3-5-10(11)13/h9-11H,3-8,13H2,1-2H3,(H,14,15)/t9?,10-,11-/m1/s1. The molecule has 1 unspecified atom stereocenters. The molecule has 0 radical (unpaired) electrons. The van der Waals surface area contributed by atoms with Gasteiger partial charge in [-0.3, -0.25) is 4.79 Å². The maximum absolute atomic E-state index is 11.7. The van der Waals surface area contributed by atoms with E-state index in [9.17, 15) is 4.79 Å². The van der Waals surface area contributed by atoms with Gasteiger partial charge in [0.05, 0.1) is 6.10 Å². The lowest BCUT2D eigenvalue weighted by molar-refractivity contribution is -0.122. The molecular weight excluding hydrogens is 204 g/mol. The Labute approximate surface area is 97.9 Å². The van der Waals surface area contributed by atoms with Crippen molar-refractivity contribution in [3.63, 3.8) is 0 Å². The van der Waals surface area contributed by atoms with Gasteiger partial charge < -0.3 is 15.8 Å². The van der Waals surface area contributed by atoms with Gasteiger partial charge in [-0.1, -0.05) is 12.8 Å². The minimum Gasteiger partial charge on any atom is -0.382 e. The summed E-state index contributed by atoms with van der Waals surface area (Å²) in [6, 6.07) is 0.316. The fourth-order valence-corrected chi connectivity index (χ4v) is 2.07. The summed E-state index contributed by atoms with van der Waals surface area (Å²) in [7, 11) is 1.67. The highest BCUT2D eigenvalue weighted by Crippen LogP contribution is 2.17. The molecule has 1 aliphatic carbocycles. The minimum absolute atomic E-state index is 0.103. The number of ether oxygens (including phenoxy) is 1. The Morgan fingerprint density at radius 2 is 2.19 bits per heavy atom. The third kappa shape index (κ3) is 4.49. The lowest BCUT2D eigenvalue weighted by Crippen LogP contribution is -2.49. The van der Waals surface area contributed by atoms with E-state index in [1.165, 1.54) is 12.8 Å². The summed E-state index contributed by atoms with van der Waals surface area (Å²) in [5.74, 6) is 0.103. The van der Waals surface area contributed by atoms with Gasteiger partial charge in [0.1, 0.15) is 0 Å². The van der Waals surface area contributed by atoms with Crippen LogP contribution in [0, 0.1) is 0 Å². The van der Waals surface area contributed by atoms with Gasteiger partial charge in [0, 0.05) is 25.6 Å². The van der Waals surface area contributed by atoms with Crippen LogP contribution < -0.4 is 11.1 Å². The predicted octanol–water partition coefficient (Wildman–Crippen LogP) is 1.19. The summed E-state index contributed by atoms with van der Waals surface area (Å²) in [5, 5.41) is 3.03. The summed E-state index contributed by atoms with van der Waals surface area (Å²) in [5.41, 5.74) is 5.97. The van der Waals surface area contributed by atoms with Crippen molar-refractivity contribution in [2.24, 2.45) is 5.73 Å². The zero-order valence-electron chi connectivity index (χ0n) is 10.4. The first-order valence-corrected chi connectivity index (χ1v) is 6.21. The molecule has 0 bridgehead atoms. The quantitative estimate of drug-likeness (QED) is 0.743. The average Bonchev–Trinajstić information content (AvgIpc) is 2.29. The smallest absolute Gasteiger partial charge is 0.220 e. The van der Waals surface area contributed by atoms with E-state index in [0.717, 1.165) is 19.3 Å².